The van der Waals surface area contributed by atoms with Gasteiger partial charge in [-0.2, -0.15) is 5.26 Å². The summed E-state index contributed by atoms with van der Waals surface area (Å²) in [6.07, 6.45) is 0. The first-order valence-electron chi connectivity index (χ1n) is 3.99. The number of nitrogens with two attached hydrogens (primary N) is 1. The Morgan fingerprint density at radius 3 is 2.54 bits per heavy atom. The van der Waals surface area contributed by atoms with Crippen molar-refractivity contribution in [3.05, 3.63) is 35.4 Å². The van der Waals surface area contributed by atoms with Crippen LogP contribution < -0.4 is 5.90 Å². The highest BCUT2D eigenvalue weighted by atomic mass is 16.6. The first-order chi connectivity index (χ1) is 6.11. The molecule has 0 radical (unpaired) electrons. The Morgan fingerprint density at radius 1 is 1.38 bits per heavy atom. The average molecular weight is 176 g/mol. The van der Waals surface area contributed by atoms with E-state index in [2.05, 4.69) is 6.07 Å². The van der Waals surface area contributed by atoms with Crippen molar-refractivity contribution in [1.29, 1.82) is 5.26 Å². The summed E-state index contributed by atoms with van der Waals surface area (Å²) in [5.74, 6) is 5.15. The van der Waals surface area contributed by atoms with Crippen molar-refractivity contribution in [3.8, 4) is 6.07 Å². The first kappa shape index (κ1) is 9.72. The Bertz CT molecular complexity index is 339. The fourth-order valence-electron chi connectivity index (χ4n) is 1.17. The van der Waals surface area contributed by atoms with Gasteiger partial charge in [0.25, 0.3) is 0 Å². The number of hydrogen-bond acceptors (Lipinski definition) is 3. The fourth-order valence-corrected chi connectivity index (χ4v) is 1.17. The Balaban J connectivity index is 3.22. The molecule has 68 valence electrons. The lowest BCUT2D eigenvalue weighted by Crippen LogP contribution is -2.26. The van der Waals surface area contributed by atoms with E-state index in [4.69, 9.17) is 16.0 Å². The van der Waals surface area contributed by atoms with Crippen molar-refractivity contribution in [3.63, 3.8) is 0 Å². The topological polar surface area (TPSA) is 59.0 Å². The summed E-state index contributed by atoms with van der Waals surface area (Å²) >= 11 is 0. The summed E-state index contributed by atoms with van der Waals surface area (Å²) in [6, 6.07) is 9.36. The van der Waals surface area contributed by atoms with Crippen LogP contribution in [0.1, 0.15) is 25.0 Å². The molecule has 1 rings (SSSR count). The second kappa shape index (κ2) is 3.56. The lowest BCUT2D eigenvalue weighted by atomic mass is 9.94. The minimum atomic E-state index is -0.619. The summed E-state index contributed by atoms with van der Waals surface area (Å²) < 4.78 is 0. The minimum Gasteiger partial charge on any atom is -0.294 e. The highest BCUT2D eigenvalue weighted by Crippen LogP contribution is 2.25. The molecule has 13 heavy (non-hydrogen) atoms. The van der Waals surface area contributed by atoms with Crippen LogP contribution in [0.25, 0.3) is 0 Å². The van der Waals surface area contributed by atoms with Crippen LogP contribution in [0, 0.1) is 11.3 Å². The Hall–Kier alpha value is -1.37. The molecule has 0 unspecified atom stereocenters. The van der Waals surface area contributed by atoms with Crippen molar-refractivity contribution < 1.29 is 4.84 Å². The minimum absolute atomic E-state index is 0.595. The first-order valence-corrected chi connectivity index (χ1v) is 3.99. The lowest BCUT2D eigenvalue weighted by molar-refractivity contribution is -0.0238. The maximum atomic E-state index is 8.83. The number of rotatable bonds is 2. The van der Waals surface area contributed by atoms with Gasteiger partial charge >= 0.3 is 0 Å². The van der Waals surface area contributed by atoms with Gasteiger partial charge in [-0.1, -0.05) is 18.2 Å². The largest absolute Gasteiger partial charge is 0.294 e. The zero-order chi connectivity index (χ0) is 9.90. The molecule has 0 aromatic heterocycles. The molecule has 3 heteroatoms. The molecule has 0 aliphatic heterocycles. The molecule has 1 aromatic rings. The van der Waals surface area contributed by atoms with Crippen molar-refractivity contribution in [2.75, 3.05) is 0 Å². The molecule has 0 saturated carbocycles. The van der Waals surface area contributed by atoms with E-state index in [1.54, 1.807) is 6.07 Å². The third-order valence-corrected chi connectivity index (χ3v) is 1.99. The Labute approximate surface area is 77.7 Å². The predicted molar refractivity (Wildman–Crippen MR) is 49.5 cm³/mol. The second-order valence-corrected chi connectivity index (χ2v) is 3.29. The van der Waals surface area contributed by atoms with E-state index >= 15 is 0 Å². The zero-order valence-corrected chi connectivity index (χ0v) is 7.74. The Kier molecular flexibility index (Phi) is 2.66. The highest BCUT2D eigenvalue weighted by Gasteiger charge is 2.23. The summed E-state index contributed by atoms with van der Waals surface area (Å²) in [5.41, 5.74) is 0.782. The van der Waals surface area contributed by atoms with Crippen LogP contribution in [-0.2, 0) is 10.4 Å². The lowest BCUT2D eigenvalue weighted by Gasteiger charge is -2.23. The van der Waals surface area contributed by atoms with E-state index in [0.29, 0.717) is 5.56 Å². The number of hydrogen-bond donors (Lipinski definition) is 1. The number of nitriles is 1. The molecule has 0 atom stereocenters. The normalized spacial score (nSPS) is 10.9. The molecule has 0 amide bonds. The van der Waals surface area contributed by atoms with Gasteiger partial charge in [0.15, 0.2) is 0 Å². The monoisotopic (exact) mass is 176 g/mol. The summed E-state index contributed by atoms with van der Waals surface area (Å²) in [7, 11) is 0. The molecule has 0 aliphatic rings. The van der Waals surface area contributed by atoms with Gasteiger partial charge in [0, 0.05) is 5.56 Å². The quantitative estimate of drug-likeness (QED) is 0.697. The maximum absolute atomic E-state index is 8.83. The van der Waals surface area contributed by atoms with Gasteiger partial charge in [0.1, 0.15) is 5.60 Å². The molecule has 1 aromatic carbocycles. The summed E-state index contributed by atoms with van der Waals surface area (Å²) in [6.45, 7) is 3.65. The molecule has 0 saturated heterocycles. The smallest absolute Gasteiger partial charge is 0.110 e. The highest BCUT2D eigenvalue weighted by molar-refractivity contribution is 5.40. The van der Waals surface area contributed by atoms with Gasteiger partial charge in [-0.05, 0) is 19.9 Å². The molecular formula is C10H12N2O. The van der Waals surface area contributed by atoms with Crippen molar-refractivity contribution >= 4 is 0 Å². The molecular weight excluding hydrogens is 164 g/mol. The van der Waals surface area contributed by atoms with Crippen molar-refractivity contribution in [2.45, 2.75) is 19.4 Å². The van der Waals surface area contributed by atoms with Gasteiger partial charge in [0.2, 0.25) is 0 Å². The standard InChI is InChI=1S/C10H12N2O/c1-10(2,13-12)9-6-4-3-5-8(9)7-11/h3-6H,12H2,1-2H3. The van der Waals surface area contributed by atoms with Gasteiger partial charge < -0.3 is 0 Å². The van der Waals surface area contributed by atoms with Crippen LogP contribution in [0.4, 0.5) is 0 Å². The molecule has 0 aliphatic carbocycles. The SMILES string of the molecule is CC(C)(ON)c1ccccc1C#N. The maximum Gasteiger partial charge on any atom is 0.110 e. The van der Waals surface area contributed by atoms with Gasteiger partial charge in [-0.25, -0.2) is 5.90 Å². The molecule has 0 fully saturated rings. The van der Waals surface area contributed by atoms with E-state index in [1.807, 2.05) is 32.0 Å². The molecule has 3 nitrogen and oxygen atoms in total. The van der Waals surface area contributed by atoms with Crippen LogP contribution in [0.15, 0.2) is 24.3 Å². The fraction of sp³-hybridized carbons (Fsp3) is 0.300. The molecule has 0 bridgehead atoms. The van der Waals surface area contributed by atoms with Crippen molar-refractivity contribution in [1.82, 2.24) is 0 Å². The van der Waals surface area contributed by atoms with Crippen LogP contribution in [-0.4, -0.2) is 0 Å². The molecule has 0 heterocycles. The second-order valence-electron chi connectivity index (χ2n) is 3.29. The average Bonchev–Trinajstić information content (AvgIpc) is 2.18. The third-order valence-electron chi connectivity index (χ3n) is 1.99. The van der Waals surface area contributed by atoms with Crippen LogP contribution in [0.3, 0.4) is 0 Å². The number of benzene rings is 1. The third kappa shape index (κ3) is 1.86. The predicted octanol–water partition coefficient (Wildman–Crippen LogP) is 1.68. The van der Waals surface area contributed by atoms with Crippen molar-refractivity contribution in [2.24, 2.45) is 5.90 Å². The van der Waals surface area contributed by atoms with E-state index in [9.17, 15) is 0 Å². The Morgan fingerprint density at radius 2 is 2.00 bits per heavy atom. The van der Waals surface area contributed by atoms with Gasteiger partial charge in [-0.3, -0.25) is 4.84 Å². The van der Waals surface area contributed by atoms with Gasteiger partial charge in [-0.15, -0.1) is 0 Å². The van der Waals surface area contributed by atoms with E-state index in [-0.39, 0.29) is 0 Å². The van der Waals surface area contributed by atoms with Crippen LogP contribution >= 0.6 is 0 Å². The number of nitrogens with zero attached hydrogens (tertiary/aromatic N) is 1. The van der Waals surface area contributed by atoms with Crippen LogP contribution in [0.2, 0.25) is 0 Å². The molecule has 0 spiro atoms. The zero-order valence-electron chi connectivity index (χ0n) is 7.74. The van der Waals surface area contributed by atoms with E-state index in [0.717, 1.165) is 5.56 Å². The van der Waals surface area contributed by atoms with Gasteiger partial charge in [0.05, 0.1) is 11.6 Å². The van der Waals surface area contributed by atoms with Crippen LogP contribution in [0.5, 0.6) is 0 Å². The molecule has 2 N–H and O–H groups in total. The summed E-state index contributed by atoms with van der Waals surface area (Å²) in [5, 5.41) is 8.83. The van der Waals surface area contributed by atoms with E-state index < -0.39 is 5.60 Å². The summed E-state index contributed by atoms with van der Waals surface area (Å²) in [4.78, 5) is 4.82. The van der Waals surface area contributed by atoms with E-state index in [1.165, 1.54) is 0 Å².